The van der Waals surface area contributed by atoms with Gasteiger partial charge in [-0.1, -0.05) is 0 Å². The van der Waals surface area contributed by atoms with Gasteiger partial charge in [-0.15, -0.1) is 0 Å². The summed E-state index contributed by atoms with van der Waals surface area (Å²) >= 11 is 0. The molecule has 0 aliphatic carbocycles. The van der Waals surface area contributed by atoms with Crippen molar-refractivity contribution in [2.75, 3.05) is 7.05 Å². The number of benzene rings is 1. The largest absolute Gasteiger partial charge is 0.433 e. The summed E-state index contributed by atoms with van der Waals surface area (Å²) in [5, 5.41) is 0. The molecule has 0 radical (unpaired) electrons. The summed E-state index contributed by atoms with van der Waals surface area (Å²) in [4.78, 5) is 25.4. The van der Waals surface area contributed by atoms with Gasteiger partial charge >= 0.3 is 6.18 Å². The Balaban J connectivity index is 1.99. The standard InChI is InChI=1S/C21H14F5N5O/c1-31-18(32)20(30-19(31)27,13-2-3-29-17(8-13)21(24,25)26)14-4-11(5-15(22)7-14)12-6-16(23)10-28-9-12/h2-10H,1H3,(H2,27,30). The molecule has 164 valence electrons. The Bertz CT molecular complexity index is 1260. The molecule has 2 N–H and O–H groups in total. The zero-order chi connectivity index (χ0) is 23.3. The molecule has 1 amide bonds. The number of hydrogen-bond donors (Lipinski definition) is 1. The second-order valence-electron chi connectivity index (χ2n) is 7.09. The van der Waals surface area contributed by atoms with Crippen molar-refractivity contribution in [3.63, 3.8) is 0 Å². The minimum Gasteiger partial charge on any atom is -0.369 e. The number of hydrogen-bond acceptors (Lipinski definition) is 5. The van der Waals surface area contributed by atoms with Gasteiger partial charge in [0.15, 0.2) is 11.5 Å². The van der Waals surface area contributed by atoms with Gasteiger partial charge in [-0.25, -0.2) is 13.8 Å². The molecule has 4 rings (SSSR count). The van der Waals surface area contributed by atoms with Gasteiger partial charge in [0.2, 0.25) is 0 Å². The second-order valence-corrected chi connectivity index (χ2v) is 7.09. The molecule has 3 heterocycles. The first-order valence-corrected chi connectivity index (χ1v) is 9.11. The number of rotatable bonds is 3. The van der Waals surface area contributed by atoms with Crippen LogP contribution in [0, 0.1) is 11.6 Å². The van der Waals surface area contributed by atoms with Gasteiger partial charge < -0.3 is 5.73 Å². The Morgan fingerprint density at radius 1 is 0.969 bits per heavy atom. The summed E-state index contributed by atoms with van der Waals surface area (Å²) in [5.41, 5.74) is 2.51. The number of halogens is 5. The van der Waals surface area contributed by atoms with Crippen LogP contribution < -0.4 is 5.73 Å². The van der Waals surface area contributed by atoms with E-state index in [2.05, 4.69) is 15.0 Å². The summed E-state index contributed by atoms with van der Waals surface area (Å²) < 4.78 is 68.2. The van der Waals surface area contributed by atoms with E-state index in [1.54, 1.807) is 0 Å². The molecular weight excluding hydrogens is 433 g/mol. The van der Waals surface area contributed by atoms with Crippen molar-refractivity contribution in [2.24, 2.45) is 10.7 Å². The predicted molar refractivity (Wildman–Crippen MR) is 104 cm³/mol. The number of carbonyl (C=O) groups is 1. The summed E-state index contributed by atoms with van der Waals surface area (Å²) in [6.07, 6.45) is -1.67. The Morgan fingerprint density at radius 2 is 1.69 bits per heavy atom. The van der Waals surface area contributed by atoms with E-state index in [1.807, 2.05) is 0 Å². The number of nitrogens with two attached hydrogens (primary N) is 1. The van der Waals surface area contributed by atoms with Crippen molar-refractivity contribution < 1.29 is 26.7 Å². The van der Waals surface area contributed by atoms with Crippen LogP contribution in [0.5, 0.6) is 0 Å². The van der Waals surface area contributed by atoms with Crippen LogP contribution in [0.1, 0.15) is 16.8 Å². The summed E-state index contributed by atoms with van der Waals surface area (Å²) in [7, 11) is 1.30. The van der Waals surface area contributed by atoms with Crippen molar-refractivity contribution in [2.45, 2.75) is 11.7 Å². The summed E-state index contributed by atoms with van der Waals surface area (Å²) in [6, 6.07) is 6.34. The number of amides is 1. The minimum absolute atomic E-state index is 0.0895. The first-order valence-electron chi connectivity index (χ1n) is 9.11. The third-order valence-electron chi connectivity index (χ3n) is 5.06. The highest BCUT2D eigenvalue weighted by Gasteiger charge is 2.50. The summed E-state index contributed by atoms with van der Waals surface area (Å²) in [5.74, 6) is -2.55. The van der Waals surface area contributed by atoms with Gasteiger partial charge in [-0.05, 0) is 53.1 Å². The first-order chi connectivity index (χ1) is 15.0. The van der Waals surface area contributed by atoms with Crippen LogP contribution >= 0.6 is 0 Å². The fourth-order valence-corrected chi connectivity index (χ4v) is 3.53. The molecule has 0 saturated carbocycles. The highest BCUT2D eigenvalue weighted by molar-refractivity contribution is 6.09. The molecule has 1 unspecified atom stereocenters. The highest BCUT2D eigenvalue weighted by atomic mass is 19.4. The van der Waals surface area contributed by atoms with E-state index in [0.717, 1.165) is 35.5 Å². The average molecular weight is 447 g/mol. The van der Waals surface area contributed by atoms with Crippen molar-refractivity contribution >= 4 is 11.9 Å². The molecule has 3 aromatic rings. The molecule has 1 aliphatic heterocycles. The van der Waals surface area contributed by atoms with E-state index in [9.17, 15) is 26.7 Å². The molecule has 32 heavy (non-hydrogen) atoms. The number of alkyl halides is 3. The molecular formula is C21H14F5N5O. The fraction of sp³-hybridized carbons (Fsp3) is 0.143. The van der Waals surface area contributed by atoms with E-state index in [4.69, 9.17) is 5.73 Å². The molecule has 0 fully saturated rings. The zero-order valence-corrected chi connectivity index (χ0v) is 16.4. The lowest BCUT2D eigenvalue weighted by atomic mass is 9.81. The predicted octanol–water partition coefficient (Wildman–Crippen LogP) is 3.47. The maximum atomic E-state index is 14.6. The number of aliphatic imine (C=N–C) groups is 1. The maximum absolute atomic E-state index is 14.6. The quantitative estimate of drug-likeness (QED) is 0.624. The van der Waals surface area contributed by atoms with Gasteiger partial charge in [0.05, 0.1) is 6.20 Å². The third kappa shape index (κ3) is 3.45. The summed E-state index contributed by atoms with van der Waals surface area (Å²) in [6.45, 7) is 0. The Labute approximate surface area is 178 Å². The molecule has 1 aromatic carbocycles. The molecule has 11 heteroatoms. The lowest BCUT2D eigenvalue weighted by Crippen LogP contribution is -2.41. The van der Waals surface area contributed by atoms with Crippen LogP contribution in [0.25, 0.3) is 11.1 Å². The van der Waals surface area contributed by atoms with Gasteiger partial charge in [0.1, 0.15) is 17.3 Å². The molecule has 0 spiro atoms. The molecule has 0 bridgehead atoms. The maximum Gasteiger partial charge on any atom is 0.433 e. The third-order valence-corrected chi connectivity index (χ3v) is 5.06. The van der Waals surface area contributed by atoms with Crippen LogP contribution in [0.3, 0.4) is 0 Å². The van der Waals surface area contributed by atoms with Crippen LogP contribution in [-0.2, 0) is 16.5 Å². The van der Waals surface area contributed by atoms with Gasteiger partial charge in [0.25, 0.3) is 5.91 Å². The monoisotopic (exact) mass is 447 g/mol. The number of aromatic nitrogens is 2. The fourth-order valence-electron chi connectivity index (χ4n) is 3.53. The highest BCUT2D eigenvalue weighted by Crippen LogP contribution is 2.42. The average Bonchev–Trinajstić information content (AvgIpc) is 2.98. The first kappa shape index (κ1) is 21.3. The number of likely N-dealkylation sites (N-methyl/N-ethyl adjacent to an activating group) is 1. The SMILES string of the molecule is CN1C(=O)C(c2cc(F)cc(-c3cncc(F)c3)c2)(c2ccnc(C(F)(F)F)c2)N=C1N. The van der Waals surface area contributed by atoms with E-state index in [-0.39, 0.29) is 28.2 Å². The van der Waals surface area contributed by atoms with Crippen molar-refractivity contribution in [1.29, 1.82) is 0 Å². The Hall–Kier alpha value is -3.89. The lowest BCUT2D eigenvalue weighted by molar-refractivity contribution is -0.141. The van der Waals surface area contributed by atoms with E-state index >= 15 is 0 Å². The van der Waals surface area contributed by atoms with Gasteiger partial charge in [-0.2, -0.15) is 13.2 Å². The molecule has 6 nitrogen and oxygen atoms in total. The molecule has 2 aromatic heterocycles. The topological polar surface area (TPSA) is 84.5 Å². The Morgan fingerprint density at radius 3 is 2.31 bits per heavy atom. The smallest absolute Gasteiger partial charge is 0.369 e. The molecule has 1 aliphatic rings. The zero-order valence-electron chi connectivity index (χ0n) is 16.4. The van der Waals surface area contributed by atoms with Crippen molar-refractivity contribution in [3.05, 3.63) is 83.4 Å². The van der Waals surface area contributed by atoms with Crippen LogP contribution in [0.15, 0.2) is 60.0 Å². The van der Waals surface area contributed by atoms with Crippen LogP contribution in [0.2, 0.25) is 0 Å². The van der Waals surface area contributed by atoms with Crippen LogP contribution in [0.4, 0.5) is 22.0 Å². The van der Waals surface area contributed by atoms with E-state index in [1.165, 1.54) is 25.4 Å². The number of guanidine groups is 1. The van der Waals surface area contributed by atoms with E-state index < -0.39 is 35.0 Å². The van der Waals surface area contributed by atoms with Crippen LogP contribution in [-0.4, -0.2) is 33.8 Å². The lowest BCUT2D eigenvalue weighted by Gasteiger charge is -2.27. The van der Waals surface area contributed by atoms with Gasteiger partial charge in [0, 0.05) is 25.0 Å². The normalized spacial score (nSPS) is 18.8. The minimum atomic E-state index is -4.79. The molecule has 0 saturated heterocycles. The number of pyridine rings is 2. The Kier molecular flexibility index (Phi) is 4.91. The number of carbonyl (C=O) groups excluding carboxylic acids is 1. The molecule has 1 atom stereocenters. The van der Waals surface area contributed by atoms with Crippen molar-refractivity contribution in [3.8, 4) is 11.1 Å². The second kappa shape index (κ2) is 7.36. The number of nitrogens with zero attached hydrogens (tertiary/aromatic N) is 4. The van der Waals surface area contributed by atoms with Crippen molar-refractivity contribution in [1.82, 2.24) is 14.9 Å². The van der Waals surface area contributed by atoms with E-state index in [0.29, 0.717) is 6.07 Å². The van der Waals surface area contributed by atoms with Gasteiger partial charge in [-0.3, -0.25) is 19.7 Å².